The van der Waals surface area contributed by atoms with E-state index < -0.39 is 0 Å². The number of carbonyl (C=O) groups is 1. The molecule has 0 fully saturated rings. The second kappa shape index (κ2) is 5.99. The summed E-state index contributed by atoms with van der Waals surface area (Å²) in [5.74, 6) is 1.46. The lowest BCUT2D eigenvalue weighted by Crippen LogP contribution is -2.40. The molecule has 1 atom stereocenters. The number of carbonyl (C=O) groups excluding carboxylic acids is 1. The quantitative estimate of drug-likeness (QED) is 0.854. The fourth-order valence-electron chi connectivity index (χ4n) is 4.06. The van der Waals surface area contributed by atoms with Gasteiger partial charge in [0.15, 0.2) is 11.5 Å². The number of benzene rings is 2. The van der Waals surface area contributed by atoms with E-state index in [1.54, 1.807) is 14.2 Å². The maximum atomic E-state index is 12.5. The Hall–Kier alpha value is -2.69. The second-order valence-corrected chi connectivity index (χ2v) is 6.19. The van der Waals surface area contributed by atoms with Gasteiger partial charge >= 0.3 is 6.09 Å². The summed E-state index contributed by atoms with van der Waals surface area (Å²) in [6.07, 6.45) is 0.502. The minimum Gasteiger partial charge on any atom is -0.493 e. The molecule has 5 nitrogen and oxygen atoms in total. The van der Waals surface area contributed by atoms with Crippen LogP contribution in [0.25, 0.3) is 11.1 Å². The van der Waals surface area contributed by atoms with Gasteiger partial charge in [0.2, 0.25) is 0 Å². The zero-order valence-corrected chi connectivity index (χ0v) is 14.7. The molecule has 0 bridgehead atoms. The largest absolute Gasteiger partial charge is 0.493 e. The average Bonchev–Trinajstić information content (AvgIpc) is 2.99. The van der Waals surface area contributed by atoms with Crippen molar-refractivity contribution in [2.45, 2.75) is 19.4 Å². The van der Waals surface area contributed by atoms with Crippen molar-refractivity contribution in [2.75, 3.05) is 27.4 Å². The molecule has 1 aliphatic heterocycles. The van der Waals surface area contributed by atoms with Crippen LogP contribution in [0, 0.1) is 0 Å². The SMILES string of the molecule is CCOC(=O)N1CCc2cc(OC)c(OC)c3c2C1c1ccccc1-3. The molecule has 0 saturated carbocycles. The van der Waals surface area contributed by atoms with Crippen molar-refractivity contribution in [3.63, 3.8) is 0 Å². The van der Waals surface area contributed by atoms with Crippen molar-refractivity contribution in [3.05, 3.63) is 47.0 Å². The Bertz CT molecular complexity index is 846. The van der Waals surface area contributed by atoms with Gasteiger partial charge in [-0.15, -0.1) is 0 Å². The standard InChI is InChI=1S/C20H21NO4/c1-4-25-20(22)21-10-9-12-11-15(23-2)19(24-3)17-13-7-5-6-8-14(13)18(21)16(12)17/h5-8,11,18H,4,9-10H2,1-3H3. The molecule has 1 unspecified atom stereocenters. The fraction of sp³-hybridized carbons (Fsp3) is 0.350. The Labute approximate surface area is 147 Å². The molecule has 2 aromatic rings. The number of hydrogen-bond donors (Lipinski definition) is 0. The van der Waals surface area contributed by atoms with Crippen LogP contribution in [0.15, 0.2) is 30.3 Å². The number of methoxy groups -OCH3 is 2. The van der Waals surface area contributed by atoms with Crippen molar-refractivity contribution in [1.82, 2.24) is 4.90 Å². The van der Waals surface area contributed by atoms with E-state index >= 15 is 0 Å². The minimum absolute atomic E-state index is 0.131. The van der Waals surface area contributed by atoms with Gasteiger partial charge in [-0.3, -0.25) is 4.90 Å². The van der Waals surface area contributed by atoms with Gasteiger partial charge in [0.05, 0.1) is 26.9 Å². The minimum atomic E-state index is -0.268. The summed E-state index contributed by atoms with van der Waals surface area (Å²) in [4.78, 5) is 14.4. The van der Waals surface area contributed by atoms with Crippen LogP contribution in [0.5, 0.6) is 11.5 Å². The number of amides is 1. The number of hydrogen-bond acceptors (Lipinski definition) is 4. The van der Waals surface area contributed by atoms with Crippen LogP contribution in [-0.2, 0) is 11.2 Å². The highest BCUT2D eigenvalue weighted by Crippen LogP contribution is 2.56. The zero-order chi connectivity index (χ0) is 17.6. The van der Waals surface area contributed by atoms with Crippen molar-refractivity contribution >= 4 is 6.09 Å². The highest BCUT2D eigenvalue weighted by atomic mass is 16.6. The Balaban J connectivity index is 1.98. The third kappa shape index (κ3) is 2.18. The summed E-state index contributed by atoms with van der Waals surface area (Å²) in [6, 6.07) is 10.1. The molecule has 0 radical (unpaired) electrons. The summed E-state index contributed by atoms with van der Waals surface area (Å²) in [6.45, 7) is 2.83. The van der Waals surface area contributed by atoms with Crippen molar-refractivity contribution in [2.24, 2.45) is 0 Å². The van der Waals surface area contributed by atoms with E-state index in [1.165, 1.54) is 5.56 Å². The first-order valence-corrected chi connectivity index (χ1v) is 8.51. The van der Waals surface area contributed by atoms with E-state index in [2.05, 4.69) is 12.1 Å². The first-order chi connectivity index (χ1) is 12.2. The van der Waals surface area contributed by atoms with E-state index in [0.29, 0.717) is 13.2 Å². The number of fused-ring (bicyclic) bond motifs is 3. The summed E-state index contributed by atoms with van der Waals surface area (Å²) in [5, 5.41) is 0. The van der Waals surface area contributed by atoms with Crippen LogP contribution in [0.2, 0.25) is 0 Å². The Kier molecular flexibility index (Phi) is 3.79. The monoisotopic (exact) mass is 339 g/mol. The summed E-state index contributed by atoms with van der Waals surface area (Å²) in [5.41, 5.74) is 5.58. The van der Waals surface area contributed by atoms with Crippen molar-refractivity contribution in [3.8, 4) is 22.6 Å². The van der Waals surface area contributed by atoms with E-state index in [-0.39, 0.29) is 12.1 Å². The third-order valence-corrected chi connectivity index (χ3v) is 5.03. The zero-order valence-electron chi connectivity index (χ0n) is 14.7. The molecule has 1 aliphatic carbocycles. The van der Waals surface area contributed by atoms with Gasteiger partial charge in [-0.05, 0) is 41.7 Å². The van der Waals surface area contributed by atoms with E-state index in [1.807, 2.05) is 30.0 Å². The molecule has 2 aliphatic rings. The van der Waals surface area contributed by atoms with Crippen molar-refractivity contribution < 1.29 is 19.0 Å². The first kappa shape index (κ1) is 15.8. The van der Waals surface area contributed by atoms with Gasteiger partial charge in [0.25, 0.3) is 0 Å². The Morgan fingerprint density at radius 2 is 2.04 bits per heavy atom. The number of rotatable bonds is 3. The molecule has 1 amide bonds. The van der Waals surface area contributed by atoms with Crippen molar-refractivity contribution in [1.29, 1.82) is 0 Å². The van der Waals surface area contributed by atoms with Gasteiger partial charge in [0.1, 0.15) is 0 Å². The predicted molar refractivity (Wildman–Crippen MR) is 94.3 cm³/mol. The van der Waals surface area contributed by atoms with E-state index in [0.717, 1.165) is 40.2 Å². The second-order valence-electron chi connectivity index (χ2n) is 6.19. The lowest BCUT2D eigenvalue weighted by molar-refractivity contribution is 0.0945. The van der Waals surface area contributed by atoms with Gasteiger partial charge in [-0.25, -0.2) is 4.79 Å². The molecule has 130 valence electrons. The fourth-order valence-corrected chi connectivity index (χ4v) is 4.06. The van der Waals surface area contributed by atoms with Crippen LogP contribution >= 0.6 is 0 Å². The third-order valence-electron chi connectivity index (χ3n) is 5.03. The summed E-state index contributed by atoms with van der Waals surface area (Å²) >= 11 is 0. The lowest BCUT2D eigenvalue weighted by Gasteiger charge is -2.35. The van der Waals surface area contributed by atoms with Gasteiger partial charge in [-0.2, -0.15) is 0 Å². The molecule has 4 rings (SSSR count). The molecule has 0 saturated heterocycles. The van der Waals surface area contributed by atoms with Crippen LogP contribution in [0.1, 0.15) is 29.7 Å². The van der Waals surface area contributed by atoms with Gasteiger partial charge in [-0.1, -0.05) is 24.3 Å². The highest BCUT2D eigenvalue weighted by molar-refractivity contribution is 5.88. The van der Waals surface area contributed by atoms with E-state index in [9.17, 15) is 4.79 Å². The van der Waals surface area contributed by atoms with Crippen LogP contribution in [0.4, 0.5) is 4.79 Å². The van der Waals surface area contributed by atoms with Gasteiger partial charge in [0, 0.05) is 12.1 Å². The molecule has 2 aromatic carbocycles. The highest BCUT2D eigenvalue weighted by Gasteiger charge is 2.42. The maximum absolute atomic E-state index is 12.5. The van der Waals surface area contributed by atoms with Gasteiger partial charge < -0.3 is 14.2 Å². The summed E-state index contributed by atoms with van der Waals surface area (Å²) < 4.78 is 16.6. The number of nitrogens with zero attached hydrogens (tertiary/aromatic N) is 1. The smallest absolute Gasteiger partial charge is 0.410 e. The van der Waals surface area contributed by atoms with E-state index in [4.69, 9.17) is 14.2 Å². The first-order valence-electron chi connectivity index (χ1n) is 8.51. The molecular weight excluding hydrogens is 318 g/mol. The molecule has 0 aromatic heterocycles. The Morgan fingerprint density at radius 1 is 1.24 bits per heavy atom. The summed E-state index contributed by atoms with van der Waals surface area (Å²) in [7, 11) is 3.31. The number of ether oxygens (including phenoxy) is 3. The van der Waals surface area contributed by atoms with Crippen LogP contribution < -0.4 is 9.47 Å². The topological polar surface area (TPSA) is 48.0 Å². The predicted octanol–water partition coefficient (Wildman–Crippen LogP) is 3.79. The normalized spacial score (nSPS) is 16.9. The maximum Gasteiger partial charge on any atom is 0.410 e. The molecule has 5 heteroatoms. The molecule has 1 heterocycles. The Morgan fingerprint density at radius 3 is 2.76 bits per heavy atom. The average molecular weight is 339 g/mol. The van der Waals surface area contributed by atoms with Crippen LogP contribution in [-0.4, -0.2) is 38.4 Å². The molecule has 0 spiro atoms. The molecular formula is C20H21NO4. The molecule has 0 N–H and O–H groups in total. The lowest BCUT2D eigenvalue weighted by atomic mass is 9.91. The molecule has 25 heavy (non-hydrogen) atoms. The van der Waals surface area contributed by atoms with Crippen LogP contribution in [0.3, 0.4) is 0 Å².